The molecule has 7 aromatic rings. The lowest BCUT2D eigenvalue weighted by molar-refractivity contribution is 0.330. The van der Waals surface area contributed by atoms with Crippen molar-refractivity contribution in [1.29, 1.82) is 0 Å². The Morgan fingerprint density at radius 1 is 0.279 bits per heavy atom. The monoisotopic (exact) mass is 562 g/mol. The van der Waals surface area contributed by atoms with E-state index >= 15 is 0 Å². The molecule has 208 valence electrons. The summed E-state index contributed by atoms with van der Waals surface area (Å²) in [6, 6.07) is 42.2. The van der Waals surface area contributed by atoms with Crippen molar-refractivity contribution in [3.63, 3.8) is 0 Å². The summed E-state index contributed by atoms with van der Waals surface area (Å²) < 4.78 is 0. The Bertz CT molecular complexity index is 2080. The fourth-order valence-electron chi connectivity index (χ4n) is 6.06. The Hall–Kier alpha value is -5.94. The Kier molecular flexibility index (Phi) is 6.14. The molecule has 0 aliphatic heterocycles. The molecule has 0 bridgehead atoms. The van der Waals surface area contributed by atoms with Gasteiger partial charge in [0, 0.05) is 5.56 Å². The van der Waals surface area contributed by atoms with E-state index in [1.165, 1.54) is 0 Å². The zero-order valence-corrected chi connectivity index (χ0v) is 22.9. The maximum atomic E-state index is 11.0. The first-order valence-electron chi connectivity index (χ1n) is 13.8. The molecule has 0 fully saturated rings. The summed E-state index contributed by atoms with van der Waals surface area (Å²) in [6.45, 7) is 0. The summed E-state index contributed by atoms with van der Waals surface area (Å²) >= 11 is 0. The topological polar surface area (TPSA) is 101 Å². The molecule has 0 radical (unpaired) electrons. The van der Waals surface area contributed by atoms with Crippen LogP contribution >= 0.6 is 0 Å². The lowest BCUT2D eigenvalue weighted by Crippen LogP contribution is -1.93. The van der Waals surface area contributed by atoms with E-state index in [2.05, 4.69) is 42.5 Å². The van der Waals surface area contributed by atoms with Crippen molar-refractivity contribution in [3.8, 4) is 73.3 Å². The second-order valence-corrected chi connectivity index (χ2v) is 10.5. The van der Waals surface area contributed by atoms with E-state index in [0.29, 0.717) is 16.3 Å². The summed E-state index contributed by atoms with van der Waals surface area (Å²) in [4.78, 5) is 0. The van der Waals surface area contributed by atoms with Crippen LogP contribution in [0.15, 0.2) is 127 Å². The SMILES string of the molecule is Oc1c(O)c(O)c(-c2c3ccccc3c(-c3ccc(-c4ccccc4)c(-c4ccccc4)c3)c3ccccc23)c(O)c1O. The lowest BCUT2D eigenvalue weighted by atomic mass is 9.83. The molecule has 43 heavy (non-hydrogen) atoms. The predicted octanol–water partition coefficient (Wildman–Crippen LogP) is 9.19. The second kappa shape index (κ2) is 10.2. The molecule has 7 aromatic carbocycles. The number of aromatic hydroxyl groups is 5. The van der Waals surface area contributed by atoms with Crippen molar-refractivity contribution in [3.05, 3.63) is 127 Å². The van der Waals surface area contributed by atoms with Crippen molar-refractivity contribution in [2.24, 2.45) is 0 Å². The van der Waals surface area contributed by atoms with Crippen LogP contribution < -0.4 is 0 Å². The number of phenols is 5. The maximum Gasteiger partial charge on any atom is 0.208 e. The Morgan fingerprint density at radius 3 is 1.16 bits per heavy atom. The average Bonchev–Trinajstić information content (AvgIpc) is 3.07. The van der Waals surface area contributed by atoms with Gasteiger partial charge in [-0.05, 0) is 61.0 Å². The molecule has 0 aliphatic rings. The summed E-state index contributed by atoms with van der Waals surface area (Å²) in [5.41, 5.74) is 6.54. The molecule has 5 N–H and O–H groups in total. The minimum Gasteiger partial charge on any atom is -0.504 e. The highest BCUT2D eigenvalue weighted by Gasteiger charge is 2.28. The van der Waals surface area contributed by atoms with Gasteiger partial charge in [0.15, 0.2) is 11.5 Å². The van der Waals surface area contributed by atoms with E-state index < -0.39 is 28.7 Å². The molecule has 0 unspecified atom stereocenters. The maximum absolute atomic E-state index is 11.0. The molecular weight excluding hydrogens is 536 g/mol. The van der Waals surface area contributed by atoms with Gasteiger partial charge in [0.2, 0.25) is 17.2 Å². The average molecular weight is 563 g/mol. The van der Waals surface area contributed by atoms with Crippen LogP contribution in [0.4, 0.5) is 0 Å². The van der Waals surface area contributed by atoms with Gasteiger partial charge >= 0.3 is 0 Å². The fourth-order valence-corrected chi connectivity index (χ4v) is 6.06. The van der Waals surface area contributed by atoms with E-state index in [-0.39, 0.29) is 5.56 Å². The molecule has 5 heteroatoms. The highest BCUT2D eigenvalue weighted by molar-refractivity contribution is 6.23. The van der Waals surface area contributed by atoms with E-state index in [0.717, 1.165) is 44.2 Å². The van der Waals surface area contributed by atoms with Crippen LogP contribution in [0, 0.1) is 0 Å². The van der Waals surface area contributed by atoms with Crippen LogP contribution in [0.3, 0.4) is 0 Å². The number of benzene rings is 7. The van der Waals surface area contributed by atoms with Gasteiger partial charge in [-0.1, -0.05) is 121 Å². The third-order valence-electron chi connectivity index (χ3n) is 8.03. The van der Waals surface area contributed by atoms with Gasteiger partial charge in [-0.2, -0.15) is 0 Å². The van der Waals surface area contributed by atoms with Crippen molar-refractivity contribution in [2.75, 3.05) is 0 Å². The molecule has 0 heterocycles. The number of fused-ring (bicyclic) bond motifs is 2. The number of hydrogen-bond acceptors (Lipinski definition) is 5. The molecule has 0 aliphatic carbocycles. The van der Waals surface area contributed by atoms with Gasteiger partial charge in [0.1, 0.15) is 0 Å². The standard InChI is InChI=1S/C38H26O5/c39-34-33(35(40)37(42)38(43)36(34)41)32-28-17-9-7-15-26(28)31(27-16-8-10-18-29(27)32)24-19-20-25(22-11-3-1-4-12-22)30(21-24)23-13-5-2-6-14-23/h1-21,39-43H. The quantitative estimate of drug-likeness (QED) is 0.0836. The first-order valence-corrected chi connectivity index (χ1v) is 13.8. The molecule has 7 rings (SSSR count). The van der Waals surface area contributed by atoms with Crippen LogP contribution in [-0.2, 0) is 0 Å². The highest BCUT2D eigenvalue weighted by Crippen LogP contribution is 2.57. The number of phenolic OH excluding ortho intramolecular Hbond substituents is 5. The minimum absolute atomic E-state index is 0.170. The van der Waals surface area contributed by atoms with Gasteiger partial charge in [0.05, 0.1) is 5.56 Å². The van der Waals surface area contributed by atoms with Crippen molar-refractivity contribution in [2.45, 2.75) is 0 Å². The lowest BCUT2D eigenvalue weighted by Gasteiger charge is -2.20. The summed E-state index contributed by atoms with van der Waals surface area (Å²) in [6.07, 6.45) is 0. The van der Waals surface area contributed by atoms with Crippen LogP contribution in [0.25, 0.3) is 66.1 Å². The molecule has 0 atom stereocenters. The normalized spacial score (nSPS) is 11.3. The Morgan fingerprint density at radius 2 is 0.674 bits per heavy atom. The van der Waals surface area contributed by atoms with Gasteiger partial charge in [-0.15, -0.1) is 0 Å². The van der Waals surface area contributed by atoms with Crippen LogP contribution in [0.1, 0.15) is 0 Å². The summed E-state index contributed by atoms with van der Waals surface area (Å²) in [5.74, 6) is -4.27. The zero-order chi connectivity index (χ0) is 29.7. The molecular formula is C38H26O5. The van der Waals surface area contributed by atoms with Crippen LogP contribution in [0.2, 0.25) is 0 Å². The van der Waals surface area contributed by atoms with Crippen molar-refractivity contribution in [1.82, 2.24) is 0 Å². The molecule has 0 saturated heterocycles. The van der Waals surface area contributed by atoms with Crippen LogP contribution in [0.5, 0.6) is 28.7 Å². The van der Waals surface area contributed by atoms with Gasteiger partial charge in [0.25, 0.3) is 0 Å². The van der Waals surface area contributed by atoms with Crippen molar-refractivity contribution >= 4 is 21.5 Å². The van der Waals surface area contributed by atoms with E-state index in [4.69, 9.17) is 0 Å². The Labute approximate surface area is 247 Å². The second-order valence-electron chi connectivity index (χ2n) is 10.5. The molecule has 0 aromatic heterocycles. The number of rotatable bonds is 4. The summed E-state index contributed by atoms with van der Waals surface area (Å²) in [5, 5.41) is 55.9. The number of hydrogen-bond donors (Lipinski definition) is 5. The first-order chi connectivity index (χ1) is 21.0. The molecule has 0 saturated carbocycles. The predicted molar refractivity (Wildman–Crippen MR) is 172 cm³/mol. The van der Waals surface area contributed by atoms with Crippen LogP contribution in [-0.4, -0.2) is 25.5 Å². The Balaban J connectivity index is 1.59. The molecule has 5 nitrogen and oxygen atoms in total. The molecule has 0 amide bonds. The smallest absolute Gasteiger partial charge is 0.208 e. The highest BCUT2D eigenvalue weighted by atomic mass is 16.4. The first kappa shape index (κ1) is 26.0. The largest absolute Gasteiger partial charge is 0.504 e. The van der Waals surface area contributed by atoms with Crippen molar-refractivity contribution < 1.29 is 25.5 Å². The van der Waals surface area contributed by atoms with Gasteiger partial charge < -0.3 is 25.5 Å². The third kappa shape index (κ3) is 4.10. The van der Waals surface area contributed by atoms with E-state index in [1.54, 1.807) is 0 Å². The fraction of sp³-hybridized carbons (Fsp3) is 0. The van der Waals surface area contributed by atoms with E-state index in [1.807, 2.05) is 84.9 Å². The third-order valence-corrected chi connectivity index (χ3v) is 8.03. The zero-order valence-electron chi connectivity index (χ0n) is 22.9. The van der Waals surface area contributed by atoms with Gasteiger partial charge in [-0.25, -0.2) is 0 Å². The minimum atomic E-state index is -0.990. The molecule has 0 spiro atoms. The summed E-state index contributed by atoms with van der Waals surface area (Å²) in [7, 11) is 0. The van der Waals surface area contributed by atoms with E-state index in [9.17, 15) is 25.5 Å². The van der Waals surface area contributed by atoms with Gasteiger partial charge in [-0.3, -0.25) is 0 Å².